The van der Waals surface area contributed by atoms with Crippen LogP contribution in [0.5, 0.6) is 0 Å². The summed E-state index contributed by atoms with van der Waals surface area (Å²) in [4.78, 5) is 11.7. The van der Waals surface area contributed by atoms with E-state index in [0.717, 1.165) is 24.9 Å². The molecule has 23 heavy (non-hydrogen) atoms. The van der Waals surface area contributed by atoms with E-state index >= 15 is 0 Å². The SMILES string of the molecule is CCCCCCNC(=O)CSc1nnc(-c2ccc(C)cc2)o1. The van der Waals surface area contributed by atoms with Gasteiger partial charge in [0.05, 0.1) is 5.75 Å². The lowest BCUT2D eigenvalue weighted by atomic mass is 10.1. The van der Waals surface area contributed by atoms with Crippen molar-refractivity contribution in [3.8, 4) is 11.5 Å². The Kier molecular flexibility index (Phi) is 7.13. The Labute approximate surface area is 141 Å². The van der Waals surface area contributed by atoms with Crippen molar-refractivity contribution >= 4 is 17.7 Å². The Morgan fingerprint density at radius 1 is 1.17 bits per heavy atom. The fourth-order valence-corrected chi connectivity index (χ4v) is 2.63. The molecule has 0 fully saturated rings. The van der Waals surface area contributed by atoms with Gasteiger partial charge in [-0.05, 0) is 25.5 Å². The summed E-state index contributed by atoms with van der Waals surface area (Å²) in [5.41, 5.74) is 2.06. The van der Waals surface area contributed by atoms with Crippen LogP contribution in [0, 0.1) is 6.92 Å². The number of unbranched alkanes of at least 4 members (excludes halogenated alkanes) is 3. The van der Waals surface area contributed by atoms with Gasteiger partial charge in [0.2, 0.25) is 11.8 Å². The number of aromatic nitrogens is 2. The zero-order valence-corrected chi connectivity index (χ0v) is 14.5. The predicted molar refractivity (Wildman–Crippen MR) is 92.3 cm³/mol. The molecular weight excluding hydrogens is 310 g/mol. The van der Waals surface area contributed by atoms with Gasteiger partial charge in [-0.25, -0.2) is 0 Å². The lowest BCUT2D eigenvalue weighted by Crippen LogP contribution is -2.26. The molecule has 1 aromatic carbocycles. The predicted octanol–water partition coefficient (Wildman–Crippen LogP) is 3.83. The maximum atomic E-state index is 11.7. The first-order valence-electron chi connectivity index (χ1n) is 7.99. The van der Waals surface area contributed by atoms with Crippen molar-refractivity contribution in [1.29, 1.82) is 0 Å². The number of nitrogens with one attached hydrogen (secondary N) is 1. The smallest absolute Gasteiger partial charge is 0.277 e. The standard InChI is InChI=1S/C17H23N3O2S/c1-3-4-5-6-11-18-15(21)12-23-17-20-19-16(22-17)14-9-7-13(2)8-10-14/h7-10H,3-6,11-12H2,1-2H3,(H,18,21). The van der Waals surface area contributed by atoms with Crippen molar-refractivity contribution in [3.05, 3.63) is 29.8 Å². The van der Waals surface area contributed by atoms with Gasteiger partial charge < -0.3 is 9.73 Å². The molecule has 0 bridgehead atoms. The van der Waals surface area contributed by atoms with Gasteiger partial charge in [-0.3, -0.25) is 4.79 Å². The second kappa shape index (κ2) is 9.35. The van der Waals surface area contributed by atoms with Crippen molar-refractivity contribution in [3.63, 3.8) is 0 Å². The second-order valence-electron chi connectivity index (χ2n) is 5.44. The van der Waals surface area contributed by atoms with Crippen molar-refractivity contribution in [2.75, 3.05) is 12.3 Å². The monoisotopic (exact) mass is 333 g/mol. The van der Waals surface area contributed by atoms with E-state index in [4.69, 9.17) is 4.42 Å². The number of carbonyl (C=O) groups is 1. The number of carbonyl (C=O) groups excluding carboxylic acids is 1. The van der Waals surface area contributed by atoms with E-state index in [1.807, 2.05) is 31.2 Å². The van der Waals surface area contributed by atoms with Crippen LogP contribution in [0.3, 0.4) is 0 Å². The Bertz CT molecular complexity index is 611. The molecule has 0 unspecified atom stereocenters. The van der Waals surface area contributed by atoms with Gasteiger partial charge in [-0.15, -0.1) is 10.2 Å². The molecule has 0 saturated carbocycles. The van der Waals surface area contributed by atoms with Gasteiger partial charge in [-0.2, -0.15) is 0 Å². The number of rotatable bonds is 9. The molecular formula is C17H23N3O2S. The highest BCUT2D eigenvalue weighted by Gasteiger charge is 2.10. The third-order valence-corrected chi connectivity index (χ3v) is 4.20. The van der Waals surface area contributed by atoms with Crippen LogP contribution in [-0.2, 0) is 4.79 Å². The summed E-state index contributed by atoms with van der Waals surface area (Å²) in [5.74, 6) is 0.776. The zero-order valence-electron chi connectivity index (χ0n) is 13.7. The molecule has 1 amide bonds. The summed E-state index contributed by atoms with van der Waals surface area (Å²) in [6.07, 6.45) is 4.61. The van der Waals surface area contributed by atoms with E-state index in [2.05, 4.69) is 22.4 Å². The van der Waals surface area contributed by atoms with Crippen LogP contribution in [0.15, 0.2) is 33.9 Å². The molecule has 1 aromatic heterocycles. The van der Waals surface area contributed by atoms with Crippen LogP contribution in [0.4, 0.5) is 0 Å². The summed E-state index contributed by atoms with van der Waals surface area (Å²) in [7, 11) is 0. The highest BCUT2D eigenvalue weighted by atomic mass is 32.2. The average Bonchev–Trinajstić information content (AvgIpc) is 3.02. The maximum Gasteiger partial charge on any atom is 0.277 e. The van der Waals surface area contributed by atoms with Crippen LogP contribution >= 0.6 is 11.8 Å². The first-order valence-corrected chi connectivity index (χ1v) is 8.97. The van der Waals surface area contributed by atoms with Crippen LogP contribution in [0.25, 0.3) is 11.5 Å². The Morgan fingerprint density at radius 3 is 2.70 bits per heavy atom. The normalized spacial score (nSPS) is 10.7. The van der Waals surface area contributed by atoms with Gasteiger partial charge >= 0.3 is 0 Å². The van der Waals surface area contributed by atoms with Crippen LogP contribution in [0.1, 0.15) is 38.2 Å². The summed E-state index contributed by atoms with van der Waals surface area (Å²) in [6, 6.07) is 7.89. The lowest BCUT2D eigenvalue weighted by Gasteiger charge is -2.03. The molecule has 0 saturated heterocycles. The van der Waals surface area contributed by atoms with Gasteiger partial charge in [-0.1, -0.05) is 55.6 Å². The molecule has 0 radical (unpaired) electrons. The number of hydrogen-bond acceptors (Lipinski definition) is 5. The summed E-state index contributed by atoms with van der Waals surface area (Å²) in [5, 5.41) is 11.3. The van der Waals surface area contributed by atoms with Crippen LogP contribution < -0.4 is 5.32 Å². The van der Waals surface area contributed by atoms with Gasteiger partial charge in [0.1, 0.15) is 0 Å². The van der Waals surface area contributed by atoms with Crippen molar-refractivity contribution in [2.24, 2.45) is 0 Å². The molecule has 1 heterocycles. The second-order valence-corrected chi connectivity index (χ2v) is 6.37. The molecule has 124 valence electrons. The molecule has 2 rings (SSSR count). The average molecular weight is 333 g/mol. The van der Waals surface area contributed by atoms with E-state index in [0.29, 0.717) is 16.9 Å². The molecule has 0 atom stereocenters. The fraction of sp³-hybridized carbons (Fsp3) is 0.471. The van der Waals surface area contributed by atoms with Crippen molar-refractivity contribution in [1.82, 2.24) is 15.5 Å². The molecule has 0 aliphatic carbocycles. The number of thioether (sulfide) groups is 1. The van der Waals surface area contributed by atoms with E-state index in [9.17, 15) is 4.79 Å². The summed E-state index contributed by atoms with van der Waals surface area (Å²) < 4.78 is 5.58. The maximum absolute atomic E-state index is 11.7. The molecule has 6 heteroatoms. The highest BCUT2D eigenvalue weighted by molar-refractivity contribution is 7.99. The molecule has 0 aliphatic rings. The minimum absolute atomic E-state index is 0.00147. The minimum Gasteiger partial charge on any atom is -0.411 e. The number of nitrogens with zero attached hydrogens (tertiary/aromatic N) is 2. The first-order chi connectivity index (χ1) is 11.2. The van der Waals surface area contributed by atoms with Gasteiger partial charge in [0, 0.05) is 12.1 Å². The number of hydrogen-bond donors (Lipinski definition) is 1. The van der Waals surface area contributed by atoms with E-state index in [1.54, 1.807) is 0 Å². The lowest BCUT2D eigenvalue weighted by molar-refractivity contribution is -0.118. The third kappa shape index (κ3) is 6.06. The molecule has 0 aliphatic heterocycles. The summed E-state index contributed by atoms with van der Waals surface area (Å²) in [6.45, 7) is 4.93. The first kappa shape index (κ1) is 17.5. The molecule has 0 spiro atoms. The fourth-order valence-electron chi connectivity index (χ4n) is 2.04. The van der Waals surface area contributed by atoms with E-state index in [-0.39, 0.29) is 5.91 Å². The largest absolute Gasteiger partial charge is 0.411 e. The third-order valence-electron chi connectivity index (χ3n) is 3.38. The zero-order chi connectivity index (χ0) is 16.5. The summed E-state index contributed by atoms with van der Waals surface area (Å²) >= 11 is 1.26. The minimum atomic E-state index is 0.00147. The van der Waals surface area contributed by atoms with Crippen molar-refractivity contribution < 1.29 is 9.21 Å². The topological polar surface area (TPSA) is 68.0 Å². The number of amides is 1. The number of benzene rings is 1. The van der Waals surface area contributed by atoms with Gasteiger partial charge in [0.25, 0.3) is 5.22 Å². The van der Waals surface area contributed by atoms with Crippen LogP contribution in [-0.4, -0.2) is 28.4 Å². The molecule has 5 nitrogen and oxygen atoms in total. The van der Waals surface area contributed by atoms with E-state index < -0.39 is 0 Å². The Hall–Kier alpha value is -1.82. The van der Waals surface area contributed by atoms with Crippen molar-refractivity contribution in [2.45, 2.75) is 44.8 Å². The molecule has 1 N–H and O–H groups in total. The Balaban J connectivity index is 1.74. The quantitative estimate of drug-likeness (QED) is 0.558. The van der Waals surface area contributed by atoms with Crippen LogP contribution in [0.2, 0.25) is 0 Å². The number of aryl methyl sites for hydroxylation is 1. The molecule has 2 aromatic rings. The van der Waals surface area contributed by atoms with Gasteiger partial charge in [0.15, 0.2) is 0 Å². The van der Waals surface area contributed by atoms with E-state index in [1.165, 1.54) is 30.2 Å². The Morgan fingerprint density at radius 2 is 1.96 bits per heavy atom. The highest BCUT2D eigenvalue weighted by Crippen LogP contribution is 2.23.